The summed E-state index contributed by atoms with van der Waals surface area (Å²) in [4.78, 5) is 58.9. The second kappa shape index (κ2) is 10.1. The molecule has 1 aliphatic carbocycles. The van der Waals surface area contributed by atoms with Gasteiger partial charge in [0.05, 0.1) is 12.1 Å². The van der Waals surface area contributed by atoms with Crippen molar-refractivity contribution in [1.29, 1.82) is 0 Å². The minimum Gasteiger partial charge on any atom is -0.325 e. The summed E-state index contributed by atoms with van der Waals surface area (Å²) in [5.74, 6) is -3.52. The molecule has 0 bridgehead atoms. The molecule has 220 valence electrons. The molecule has 3 fully saturated rings. The topological polar surface area (TPSA) is 130 Å². The number of aromatic nitrogens is 3. The van der Waals surface area contributed by atoms with E-state index in [0.717, 1.165) is 11.3 Å². The average molecular weight is 644 g/mol. The van der Waals surface area contributed by atoms with Gasteiger partial charge in [-0.3, -0.25) is 19.1 Å². The summed E-state index contributed by atoms with van der Waals surface area (Å²) in [7, 11) is 0. The minimum absolute atomic E-state index is 0.0607. The SMILES string of the molecule is CC(=O)c1nn(CC(=O)N2[C@H](C(=O)Nc3cccc(Br)n3)C[C@@]3(C)C[C@@H]23)c2ccc(NC(=O)N3CCC(F)(F)C3)cc12. The van der Waals surface area contributed by atoms with Crippen LogP contribution in [0.5, 0.6) is 0 Å². The third-order valence-electron chi connectivity index (χ3n) is 8.27. The van der Waals surface area contributed by atoms with E-state index in [9.17, 15) is 28.0 Å². The maximum Gasteiger partial charge on any atom is 0.322 e. The number of nitrogens with zero attached hydrogens (tertiary/aromatic N) is 5. The number of piperidine rings is 1. The zero-order valence-corrected chi connectivity index (χ0v) is 24.5. The fraction of sp³-hybridized carbons (Fsp3) is 0.429. The zero-order valence-electron chi connectivity index (χ0n) is 22.9. The number of likely N-dealkylation sites (tertiary alicyclic amines) is 2. The Hall–Kier alpha value is -3.94. The maximum atomic E-state index is 13.7. The van der Waals surface area contributed by atoms with Crippen molar-refractivity contribution in [2.24, 2.45) is 5.41 Å². The maximum absolute atomic E-state index is 13.7. The first-order valence-electron chi connectivity index (χ1n) is 13.5. The van der Waals surface area contributed by atoms with Crippen molar-refractivity contribution in [3.63, 3.8) is 0 Å². The Morgan fingerprint density at radius 2 is 1.90 bits per heavy atom. The molecule has 1 aromatic carbocycles. The number of urea groups is 1. The molecule has 11 nitrogen and oxygen atoms in total. The standard InChI is InChI=1S/C28H28BrF2N7O4/c1-15(39)24-17-10-16(32-26(42)36-9-8-28(30,31)14-36)6-7-18(17)37(35-24)13-23(40)38-19(11-27(2)12-20(27)38)25(41)34-22-5-3-4-21(29)33-22/h3-7,10,19-20H,8-9,11-14H2,1-2H3,(H,32,42)(H,33,34,41)/t19-,20+,27-/m0/s1. The van der Waals surface area contributed by atoms with Crippen LogP contribution in [0.15, 0.2) is 41.0 Å². The van der Waals surface area contributed by atoms with Gasteiger partial charge in [0.1, 0.15) is 28.7 Å². The van der Waals surface area contributed by atoms with E-state index < -0.39 is 31.0 Å². The van der Waals surface area contributed by atoms with Crippen molar-refractivity contribution in [3.8, 4) is 0 Å². The third kappa shape index (κ3) is 5.23. The highest BCUT2D eigenvalue weighted by Crippen LogP contribution is 2.59. The molecule has 2 saturated heterocycles. The molecule has 0 unspecified atom stereocenters. The number of Topliss-reactive ketones (excluding diaryl/α,β-unsaturated/α-hetero) is 1. The van der Waals surface area contributed by atoms with Crippen molar-refractivity contribution in [3.05, 3.63) is 46.7 Å². The van der Waals surface area contributed by atoms with Crippen LogP contribution >= 0.6 is 15.9 Å². The van der Waals surface area contributed by atoms with E-state index in [1.807, 2.05) is 0 Å². The van der Waals surface area contributed by atoms with Gasteiger partial charge in [-0.25, -0.2) is 18.6 Å². The number of rotatable bonds is 6. The average Bonchev–Trinajstić information content (AvgIpc) is 3.17. The second-order valence-corrected chi connectivity index (χ2v) is 12.3. The highest BCUT2D eigenvalue weighted by molar-refractivity contribution is 9.10. The lowest BCUT2D eigenvalue weighted by Gasteiger charge is -2.26. The Morgan fingerprint density at radius 3 is 2.60 bits per heavy atom. The highest BCUT2D eigenvalue weighted by atomic mass is 79.9. The fourth-order valence-electron chi connectivity index (χ4n) is 6.01. The van der Waals surface area contributed by atoms with Crippen molar-refractivity contribution >= 4 is 62.0 Å². The Balaban J connectivity index is 1.22. The molecule has 42 heavy (non-hydrogen) atoms. The first-order chi connectivity index (χ1) is 19.8. The van der Waals surface area contributed by atoms with E-state index in [0.29, 0.717) is 33.4 Å². The molecule has 2 aliphatic heterocycles. The lowest BCUT2D eigenvalue weighted by Crippen LogP contribution is -2.46. The number of fused-ring (bicyclic) bond motifs is 2. The van der Waals surface area contributed by atoms with Crippen LogP contribution in [0.25, 0.3) is 10.9 Å². The normalized spacial score (nSPS) is 24.0. The van der Waals surface area contributed by atoms with E-state index in [1.165, 1.54) is 11.6 Å². The smallest absolute Gasteiger partial charge is 0.322 e. The van der Waals surface area contributed by atoms with Gasteiger partial charge in [-0.2, -0.15) is 5.10 Å². The molecule has 3 aromatic rings. The lowest BCUT2D eigenvalue weighted by molar-refractivity contribution is -0.138. The van der Waals surface area contributed by atoms with Crippen LogP contribution in [0.1, 0.15) is 43.6 Å². The van der Waals surface area contributed by atoms with E-state index >= 15 is 0 Å². The largest absolute Gasteiger partial charge is 0.325 e. The Bertz CT molecular complexity index is 1650. The van der Waals surface area contributed by atoms with Gasteiger partial charge in [0.15, 0.2) is 5.78 Å². The molecule has 2 aromatic heterocycles. The van der Waals surface area contributed by atoms with Crippen LogP contribution in [-0.4, -0.2) is 79.3 Å². The quantitative estimate of drug-likeness (QED) is 0.305. The van der Waals surface area contributed by atoms with Gasteiger partial charge in [0, 0.05) is 37.0 Å². The highest BCUT2D eigenvalue weighted by Gasteiger charge is 2.64. The molecular formula is C28H28BrF2N7O4. The van der Waals surface area contributed by atoms with Crippen LogP contribution < -0.4 is 10.6 Å². The minimum atomic E-state index is -2.92. The number of hydrogen-bond donors (Lipinski definition) is 2. The van der Waals surface area contributed by atoms with Crippen molar-refractivity contribution < 1.29 is 28.0 Å². The molecular weight excluding hydrogens is 616 g/mol. The summed E-state index contributed by atoms with van der Waals surface area (Å²) in [6, 6.07) is 8.46. The van der Waals surface area contributed by atoms with Crippen LogP contribution in [0.4, 0.5) is 25.1 Å². The van der Waals surface area contributed by atoms with Crippen molar-refractivity contribution in [1.82, 2.24) is 24.6 Å². The van der Waals surface area contributed by atoms with E-state index in [-0.39, 0.29) is 47.8 Å². The van der Waals surface area contributed by atoms with E-state index in [1.54, 1.807) is 41.3 Å². The molecule has 1 saturated carbocycles. The molecule has 6 rings (SSSR count). The summed E-state index contributed by atoms with van der Waals surface area (Å²) >= 11 is 3.29. The predicted octanol–water partition coefficient (Wildman–Crippen LogP) is 4.29. The van der Waals surface area contributed by atoms with Gasteiger partial charge in [-0.05, 0) is 64.5 Å². The summed E-state index contributed by atoms with van der Waals surface area (Å²) in [5.41, 5.74) is 0.749. The van der Waals surface area contributed by atoms with Gasteiger partial charge >= 0.3 is 6.03 Å². The number of pyridine rings is 1. The van der Waals surface area contributed by atoms with Gasteiger partial charge in [0.25, 0.3) is 5.92 Å². The predicted molar refractivity (Wildman–Crippen MR) is 152 cm³/mol. The fourth-order valence-corrected chi connectivity index (χ4v) is 6.35. The number of amides is 4. The zero-order chi connectivity index (χ0) is 30.0. The van der Waals surface area contributed by atoms with Crippen LogP contribution in [0.2, 0.25) is 0 Å². The molecule has 2 N–H and O–H groups in total. The van der Waals surface area contributed by atoms with Gasteiger partial charge in [0.2, 0.25) is 11.8 Å². The number of benzene rings is 1. The summed E-state index contributed by atoms with van der Waals surface area (Å²) < 4.78 is 29.1. The number of hydrogen-bond acceptors (Lipinski definition) is 6. The van der Waals surface area contributed by atoms with Crippen molar-refractivity contribution in [2.45, 2.75) is 57.7 Å². The number of ketones is 1. The van der Waals surface area contributed by atoms with E-state index in [2.05, 4.69) is 43.6 Å². The van der Waals surface area contributed by atoms with Gasteiger partial charge in [-0.1, -0.05) is 13.0 Å². The molecule has 14 heteroatoms. The molecule has 3 aliphatic rings. The number of halogens is 3. The van der Waals surface area contributed by atoms with Crippen LogP contribution in [-0.2, 0) is 16.1 Å². The van der Waals surface area contributed by atoms with E-state index in [4.69, 9.17) is 0 Å². The van der Waals surface area contributed by atoms with Crippen LogP contribution in [0.3, 0.4) is 0 Å². The number of anilines is 2. The molecule has 4 amide bonds. The first-order valence-corrected chi connectivity index (χ1v) is 14.3. The lowest BCUT2D eigenvalue weighted by atomic mass is 10.0. The summed E-state index contributed by atoms with van der Waals surface area (Å²) in [6.45, 7) is 2.48. The Morgan fingerprint density at radius 1 is 1.12 bits per heavy atom. The van der Waals surface area contributed by atoms with Crippen molar-refractivity contribution in [2.75, 3.05) is 23.7 Å². The van der Waals surface area contributed by atoms with Gasteiger partial charge in [-0.15, -0.1) is 0 Å². The summed E-state index contributed by atoms with van der Waals surface area (Å²) in [6.07, 6.45) is 0.922. The molecule has 4 heterocycles. The monoisotopic (exact) mass is 643 g/mol. The van der Waals surface area contributed by atoms with Crippen LogP contribution in [0, 0.1) is 5.41 Å². The Kier molecular flexibility index (Phi) is 6.78. The molecule has 0 spiro atoms. The first kappa shape index (κ1) is 28.2. The number of carbonyl (C=O) groups is 4. The number of carbonyl (C=O) groups excluding carboxylic acids is 4. The summed E-state index contributed by atoms with van der Waals surface area (Å²) in [5, 5.41) is 10.2. The Labute approximate surface area is 247 Å². The van der Waals surface area contributed by atoms with Gasteiger partial charge < -0.3 is 20.4 Å². The second-order valence-electron chi connectivity index (χ2n) is 11.5. The third-order valence-corrected chi connectivity index (χ3v) is 8.71. The molecule has 0 radical (unpaired) electrons. The number of alkyl halides is 2. The number of nitrogens with one attached hydrogen (secondary N) is 2. The molecule has 3 atom stereocenters.